The maximum absolute atomic E-state index is 4.48. The van der Waals surface area contributed by atoms with Crippen LogP contribution in [0.5, 0.6) is 0 Å². The average molecular weight is 325 g/mol. The van der Waals surface area contributed by atoms with Gasteiger partial charge in [-0.3, -0.25) is 0 Å². The van der Waals surface area contributed by atoms with Crippen LogP contribution in [0.1, 0.15) is 25.6 Å². The molecule has 1 aromatic carbocycles. The molecule has 4 heteroatoms. The summed E-state index contributed by atoms with van der Waals surface area (Å²) < 4.78 is 1.09. The first-order chi connectivity index (χ1) is 8.44. The van der Waals surface area contributed by atoms with Crippen LogP contribution < -0.4 is 5.32 Å². The first-order valence-electron chi connectivity index (χ1n) is 5.90. The number of halogens is 1. The molecule has 0 radical (unpaired) electrons. The van der Waals surface area contributed by atoms with Gasteiger partial charge in [0.15, 0.2) is 0 Å². The Bertz CT molecular complexity index is 511. The van der Waals surface area contributed by atoms with E-state index >= 15 is 0 Å². The molecule has 0 aliphatic heterocycles. The lowest BCUT2D eigenvalue weighted by molar-refractivity contribution is 0.426. The number of hydrogen-bond donors (Lipinski definition) is 1. The molecule has 0 saturated heterocycles. The summed E-state index contributed by atoms with van der Waals surface area (Å²) in [6.07, 6.45) is 1.96. The highest BCUT2D eigenvalue weighted by Gasteiger charge is 2.10. The molecular weight excluding hydrogens is 308 g/mol. The molecule has 0 saturated carbocycles. The summed E-state index contributed by atoms with van der Waals surface area (Å²) in [5.41, 5.74) is 1.31. The topological polar surface area (TPSA) is 24.9 Å². The summed E-state index contributed by atoms with van der Waals surface area (Å²) in [4.78, 5) is 5.75. The molecule has 1 heterocycles. The van der Waals surface area contributed by atoms with Gasteiger partial charge in [-0.25, -0.2) is 4.98 Å². The molecule has 0 aliphatic carbocycles. The third kappa shape index (κ3) is 3.90. The summed E-state index contributed by atoms with van der Waals surface area (Å²) in [6, 6.07) is 8.27. The van der Waals surface area contributed by atoms with Crippen molar-refractivity contribution in [1.82, 2.24) is 10.3 Å². The molecule has 2 nitrogen and oxygen atoms in total. The molecule has 0 amide bonds. The molecule has 2 aromatic rings. The number of hydrogen-bond acceptors (Lipinski definition) is 3. The Balaban J connectivity index is 2.08. The molecule has 1 aromatic heterocycles. The van der Waals surface area contributed by atoms with E-state index in [0.29, 0.717) is 0 Å². The van der Waals surface area contributed by atoms with Crippen molar-refractivity contribution >= 4 is 27.3 Å². The zero-order valence-corrected chi connectivity index (χ0v) is 13.2. The first-order valence-corrected chi connectivity index (χ1v) is 7.51. The molecular formula is C14H17BrN2S. The van der Waals surface area contributed by atoms with Gasteiger partial charge >= 0.3 is 0 Å². The van der Waals surface area contributed by atoms with Gasteiger partial charge in [0.25, 0.3) is 0 Å². The van der Waals surface area contributed by atoms with Gasteiger partial charge in [-0.15, -0.1) is 11.3 Å². The summed E-state index contributed by atoms with van der Waals surface area (Å²) >= 11 is 5.19. The van der Waals surface area contributed by atoms with E-state index < -0.39 is 0 Å². The largest absolute Gasteiger partial charge is 0.307 e. The van der Waals surface area contributed by atoms with Crippen LogP contribution in [0.3, 0.4) is 0 Å². The van der Waals surface area contributed by atoms with Gasteiger partial charge in [0.1, 0.15) is 5.01 Å². The van der Waals surface area contributed by atoms with Crippen LogP contribution in [0.4, 0.5) is 0 Å². The smallest absolute Gasteiger partial charge is 0.123 e. The lowest BCUT2D eigenvalue weighted by atomic mass is 10.1. The Morgan fingerprint density at radius 1 is 1.22 bits per heavy atom. The lowest BCUT2D eigenvalue weighted by Gasteiger charge is -2.19. The van der Waals surface area contributed by atoms with Crippen molar-refractivity contribution in [3.8, 4) is 10.6 Å². The second-order valence-corrected chi connectivity index (χ2v) is 7.27. The van der Waals surface area contributed by atoms with E-state index in [1.807, 2.05) is 18.3 Å². The molecule has 2 rings (SSSR count). The van der Waals surface area contributed by atoms with E-state index in [2.05, 4.69) is 59.1 Å². The van der Waals surface area contributed by atoms with Crippen molar-refractivity contribution in [3.05, 3.63) is 39.8 Å². The molecule has 0 aliphatic rings. The van der Waals surface area contributed by atoms with Gasteiger partial charge in [-0.2, -0.15) is 0 Å². The third-order valence-electron chi connectivity index (χ3n) is 2.44. The monoisotopic (exact) mass is 324 g/mol. The minimum atomic E-state index is 0.141. The Hall–Kier alpha value is -0.710. The normalized spacial score (nSPS) is 11.8. The summed E-state index contributed by atoms with van der Waals surface area (Å²) in [5.74, 6) is 0. The summed E-state index contributed by atoms with van der Waals surface area (Å²) in [6.45, 7) is 7.38. The van der Waals surface area contributed by atoms with Crippen LogP contribution in [-0.2, 0) is 6.54 Å². The van der Waals surface area contributed by atoms with Crippen molar-refractivity contribution in [2.45, 2.75) is 32.9 Å². The standard InChI is InChI=1S/C14H17BrN2S/c1-14(2,3)17-9-12-8-16-13(18-12)10-4-6-11(15)7-5-10/h4-8,17H,9H2,1-3H3. The predicted octanol–water partition coefficient (Wildman–Crippen LogP) is 4.46. The molecule has 0 fully saturated rings. The lowest BCUT2D eigenvalue weighted by Crippen LogP contribution is -2.34. The highest BCUT2D eigenvalue weighted by molar-refractivity contribution is 9.10. The van der Waals surface area contributed by atoms with Crippen molar-refractivity contribution in [1.29, 1.82) is 0 Å². The van der Waals surface area contributed by atoms with Gasteiger partial charge in [-0.05, 0) is 32.9 Å². The number of benzene rings is 1. The number of aromatic nitrogens is 1. The van der Waals surface area contributed by atoms with Crippen LogP contribution in [0, 0.1) is 0 Å². The van der Waals surface area contributed by atoms with Crippen molar-refractivity contribution in [3.63, 3.8) is 0 Å². The van der Waals surface area contributed by atoms with Gasteiger partial charge in [-0.1, -0.05) is 28.1 Å². The fourth-order valence-electron chi connectivity index (χ4n) is 1.47. The molecule has 96 valence electrons. The predicted molar refractivity (Wildman–Crippen MR) is 81.8 cm³/mol. The highest BCUT2D eigenvalue weighted by atomic mass is 79.9. The number of rotatable bonds is 3. The number of nitrogens with one attached hydrogen (secondary N) is 1. The van der Waals surface area contributed by atoms with Crippen molar-refractivity contribution in [2.24, 2.45) is 0 Å². The first kappa shape index (κ1) is 13.7. The van der Waals surface area contributed by atoms with Gasteiger partial charge < -0.3 is 5.32 Å². The third-order valence-corrected chi connectivity index (χ3v) is 4.01. The SMILES string of the molecule is CC(C)(C)NCc1cnc(-c2ccc(Br)cc2)s1. The van der Waals surface area contributed by atoms with Crippen LogP contribution in [0.25, 0.3) is 10.6 Å². The minimum Gasteiger partial charge on any atom is -0.307 e. The summed E-state index contributed by atoms with van der Waals surface area (Å²) in [7, 11) is 0. The zero-order valence-electron chi connectivity index (χ0n) is 10.8. The Labute approximate surface area is 121 Å². The maximum atomic E-state index is 4.48. The van der Waals surface area contributed by atoms with Gasteiger partial charge in [0, 0.05) is 33.2 Å². The molecule has 0 atom stereocenters. The second kappa shape index (κ2) is 5.51. The van der Waals surface area contributed by atoms with Crippen LogP contribution >= 0.6 is 27.3 Å². The van der Waals surface area contributed by atoms with E-state index in [-0.39, 0.29) is 5.54 Å². The molecule has 1 N–H and O–H groups in total. The quantitative estimate of drug-likeness (QED) is 0.901. The number of nitrogens with zero attached hydrogens (tertiary/aromatic N) is 1. The molecule has 18 heavy (non-hydrogen) atoms. The maximum Gasteiger partial charge on any atom is 0.123 e. The van der Waals surface area contributed by atoms with Crippen molar-refractivity contribution < 1.29 is 0 Å². The van der Waals surface area contributed by atoms with Crippen LogP contribution in [0.2, 0.25) is 0 Å². The molecule has 0 bridgehead atoms. The van der Waals surface area contributed by atoms with Crippen LogP contribution in [0.15, 0.2) is 34.9 Å². The second-order valence-electron chi connectivity index (χ2n) is 5.24. The van der Waals surface area contributed by atoms with Gasteiger partial charge in [0.05, 0.1) is 0 Å². The van der Waals surface area contributed by atoms with E-state index in [1.54, 1.807) is 11.3 Å². The Morgan fingerprint density at radius 3 is 2.50 bits per heavy atom. The van der Waals surface area contributed by atoms with Gasteiger partial charge in [0.2, 0.25) is 0 Å². The molecule has 0 spiro atoms. The van der Waals surface area contributed by atoms with Crippen molar-refractivity contribution in [2.75, 3.05) is 0 Å². The van der Waals surface area contributed by atoms with E-state index in [0.717, 1.165) is 16.0 Å². The van der Waals surface area contributed by atoms with E-state index in [9.17, 15) is 0 Å². The zero-order chi connectivity index (χ0) is 13.2. The average Bonchev–Trinajstić information content (AvgIpc) is 2.75. The van der Waals surface area contributed by atoms with E-state index in [4.69, 9.17) is 0 Å². The Morgan fingerprint density at radius 2 is 1.89 bits per heavy atom. The van der Waals surface area contributed by atoms with E-state index in [1.165, 1.54) is 10.4 Å². The highest BCUT2D eigenvalue weighted by Crippen LogP contribution is 2.26. The van der Waals surface area contributed by atoms with Crippen LogP contribution in [-0.4, -0.2) is 10.5 Å². The fourth-order valence-corrected chi connectivity index (χ4v) is 2.59. The number of thiazole rings is 1. The summed E-state index contributed by atoms with van der Waals surface area (Å²) in [5, 5.41) is 4.55. The Kier molecular flexibility index (Phi) is 4.20. The minimum absolute atomic E-state index is 0.141. The fraction of sp³-hybridized carbons (Fsp3) is 0.357. The molecule has 0 unspecified atom stereocenters.